The van der Waals surface area contributed by atoms with Gasteiger partial charge in [-0.3, -0.25) is 10.1 Å². The third-order valence-electron chi connectivity index (χ3n) is 2.56. The standard InChI is InChI=1S/C14H17N3O2S/c1-3-8-19-11-7-5-6-10(9-11)13(18)15-14-17-16-12(4-2)20-14/h5-7,9H,3-4,8H2,1-2H3,(H,15,17,18). The van der Waals surface area contributed by atoms with E-state index in [-0.39, 0.29) is 5.91 Å². The van der Waals surface area contributed by atoms with Crippen LogP contribution >= 0.6 is 11.3 Å². The van der Waals surface area contributed by atoms with Gasteiger partial charge in [-0.1, -0.05) is 31.3 Å². The fourth-order valence-corrected chi connectivity index (χ4v) is 2.24. The van der Waals surface area contributed by atoms with Gasteiger partial charge in [0.1, 0.15) is 10.8 Å². The molecule has 20 heavy (non-hydrogen) atoms. The normalized spacial score (nSPS) is 10.3. The summed E-state index contributed by atoms with van der Waals surface area (Å²) < 4.78 is 5.51. The third kappa shape index (κ3) is 3.77. The molecule has 5 nitrogen and oxygen atoms in total. The molecule has 0 aliphatic rings. The molecule has 0 aliphatic heterocycles. The molecule has 0 saturated carbocycles. The second-order valence-corrected chi connectivity index (χ2v) is 5.25. The van der Waals surface area contributed by atoms with Gasteiger partial charge < -0.3 is 4.74 Å². The van der Waals surface area contributed by atoms with Crippen molar-refractivity contribution in [2.75, 3.05) is 11.9 Å². The number of ether oxygens (including phenoxy) is 1. The zero-order valence-electron chi connectivity index (χ0n) is 11.5. The summed E-state index contributed by atoms with van der Waals surface area (Å²) in [5.74, 6) is 0.497. The molecule has 1 N–H and O–H groups in total. The lowest BCUT2D eigenvalue weighted by Gasteiger charge is -2.06. The van der Waals surface area contributed by atoms with Crippen LogP contribution in [-0.2, 0) is 6.42 Å². The third-order valence-corrected chi connectivity index (χ3v) is 3.54. The molecule has 106 valence electrons. The highest BCUT2D eigenvalue weighted by Crippen LogP contribution is 2.18. The predicted octanol–water partition coefficient (Wildman–Crippen LogP) is 3.14. The Hall–Kier alpha value is -1.95. The van der Waals surface area contributed by atoms with Crippen LogP contribution in [0.15, 0.2) is 24.3 Å². The first-order chi connectivity index (χ1) is 9.72. The zero-order chi connectivity index (χ0) is 14.4. The van der Waals surface area contributed by atoms with Crippen molar-refractivity contribution in [3.8, 4) is 5.75 Å². The molecule has 1 heterocycles. The number of rotatable bonds is 6. The molecule has 0 spiro atoms. The maximum Gasteiger partial charge on any atom is 0.257 e. The van der Waals surface area contributed by atoms with E-state index in [1.165, 1.54) is 11.3 Å². The van der Waals surface area contributed by atoms with Gasteiger partial charge >= 0.3 is 0 Å². The number of aryl methyl sites for hydroxylation is 1. The van der Waals surface area contributed by atoms with Crippen LogP contribution in [0.5, 0.6) is 5.75 Å². The van der Waals surface area contributed by atoms with E-state index in [1.807, 2.05) is 19.9 Å². The fourth-order valence-electron chi connectivity index (χ4n) is 1.56. The van der Waals surface area contributed by atoms with Crippen LogP contribution < -0.4 is 10.1 Å². The lowest BCUT2D eigenvalue weighted by Crippen LogP contribution is -2.11. The van der Waals surface area contributed by atoms with Crippen LogP contribution in [-0.4, -0.2) is 22.7 Å². The van der Waals surface area contributed by atoms with Gasteiger partial charge in [0, 0.05) is 5.56 Å². The number of carbonyl (C=O) groups is 1. The monoisotopic (exact) mass is 291 g/mol. The van der Waals surface area contributed by atoms with Crippen molar-refractivity contribution in [3.63, 3.8) is 0 Å². The number of hydrogen-bond donors (Lipinski definition) is 1. The molecule has 6 heteroatoms. The molecule has 1 amide bonds. The Kier molecular flexibility index (Phi) is 5.06. The minimum absolute atomic E-state index is 0.203. The summed E-state index contributed by atoms with van der Waals surface area (Å²) in [7, 11) is 0. The highest BCUT2D eigenvalue weighted by molar-refractivity contribution is 7.15. The fraction of sp³-hybridized carbons (Fsp3) is 0.357. The van der Waals surface area contributed by atoms with Crippen LogP contribution in [0.25, 0.3) is 0 Å². The molecular weight excluding hydrogens is 274 g/mol. The van der Waals surface area contributed by atoms with Gasteiger partial charge in [0.25, 0.3) is 5.91 Å². The number of amides is 1. The van der Waals surface area contributed by atoms with Crippen molar-refractivity contribution in [1.29, 1.82) is 0 Å². The van der Waals surface area contributed by atoms with Gasteiger partial charge in [-0.25, -0.2) is 0 Å². The van der Waals surface area contributed by atoms with Crippen molar-refractivity contribution in [2.24, 2.45) is 0 Å². The van der Waals surface area contributed by atoms with Crippen molar-refractivity contribution < 1.29 is 9.53 Å². The number of anilines is 1. The highest BCUT2D eigenvalue weighted by atomic mass is 32.1. The van der Waals surface area contributed by atoms with E-state index in [0.717, 1.165) is 17.8 Å². The summed E-state index contributed by atoms with van der Waals surface area (Å²) in [6, 6.07) is 7.12. The second-order valence-electron chi connectivity index (χ2n) is 4.18. The first-order valence-electron chi connectivity index (χ1n) is 6.59. The molecule has 2 rings (SSSR count). The van der Waals surface area contributed by atoms with Crippen LogP contribution in [0, 0.1) is 0 Å². The number of carbonyl (C=O) groups excluding carboxylic acids is 1. The van der Waals surface area contributed by atoms with Crippen LogP contribution in [0.4, 0.5) is 5.13 Å². The molecule has 1 aromatic carbocycles. The highest BCUT2D eigenvalue weighted by Gasteiger charge is 2.10. The quantitative estimate of drug-likeness (QED) is 0.888. The Bertz CT molecular complexity index is 583. The lowest BCUT2D eigenvalue weighted by atomic mass is 10.2. The summed E-state index contributed by atoms with van der Waals surface area (Å²) in [4.78, 5) is 12.1. The van der Waals surface area contributed by atoms with E-state index in [1.54, 1.807) is 18.2 Å². The molecule has 0 unspecified atom stereocenters. The van der Waals surface area contributed by atoms with Gasteiger partial charge in [-0.15, -0.1) is 10.2 Å². The predicted molar refractivity (Wildman–Crippen MR) is 79.5 cm³/mol. The van der Waals surface area contributed by atoms with Crippen molar-refractivity contribution in [3.05, 3.63) is 34.8 Å². The number of hydrogen-bond acceptors (Lipinski definition) is 5. The van der Waals surface area contributed by atoms with E-state index < -0.39 is 0 Å². The zero-order valence-corrected chi connectivity index (χ0v) is 12.4. The molecule has 0 fully saturated rings. The molecule has 0 bridgehead atoms. The first-order valence-corrected chi connectivity index (χ1v) is 7.41. The van der Waals surface area contributed by atoms with Gasteiger partial charge in [-0.05, 0) is 31.0 Å². The number of nitrogens with one attached hydrogen (secondary N) is 1. The largest absolute Gasteiger partial charge is 0.494 e. The summed E-state index contributed by atoms with van der Waals surface area (Å²) >= 11 is 1.39. The minimum Gasteiger partial charge on any atom is -0.494 e. The molecule has 1 aromatic heterocycles. The summed E-state index contributed by atoms with van der Waals surface area (Å²) in [5.41, 5.74) is 0.548. The summed E-state index contributed by atoms with van der Waals surface area (Å²) in [6.45, 7) is 4.68. The van der Waals surface area contributed by atoms with Crippen LogP contribution in [0.2, 0.25) is 0 Å². The van der Waals surface area contributed by atoms with Gasteiger partial charge in [0.2, 0.25) is 5.13 Å². The number of aromatic nitrogens is 2. The maximum absolute atomic E-state index is 12.1. The van der Waals surface area contributed by atoms with Crippen molar-refractivity contribution in [1.82, 2.24) is 10.2 Å². The average molecular weight is 291 g/mol. The van der Waals surface area contributed by atoms with Gasteiger partial charge in [0.05, 0.1) is 6.61 Å². The van der Waals surface area contributed by atoms with Crippen molar-refractivity contribution in [2.45, 2.75) is 26.7 Å². The Labute approximate surface area is 122 Å². The van der Waals surface area contributed by atoms with Gasteiger partial charge in [-0.2, -0.15) is 0 Å². The Morgan fingerprint density at radius 3 is 2.90 bits per heavy atom. The number of nitrogens with zero attached hydrogens (tertiary/aromatic N) is 2. The van der Waals surface area contributed by atoms with Crippen molar-refractivity contribution >= 4 is 22.4 Å². The van der Waals surface area contributed by atoms with E-state index in [4.69, 9.17) is 4.74 Å². The van der Waals surface area contributed by atoms with E-state index in [2.05, 4.69) is 15.5 Å². The van der Waals surface area contributed by atoms with Gasteiger partial charge in [0.15, 0.2) is 0 Å². The molecule has 0 saturated heterocycles. The second kappa shape index (κ2) is 7.00. The smallest absolute Gasteiger partial charge is 0.257 e. The average Bonchev–Trinajstić information content (AvgIpc) is 2.93. The SMILES string of the molecule is CCCOc1cccc(C(=O)Nc2nnc(CC)s2)c1. The Morgan fingerprint density at radius 2 is 2.20 bits per heavy atom. The van der Waals surface area contributed by atoms with E-state index >= 15 is 0 Å². The molecular formula is C14H17N3O2S. The summed E-state index contributed by atoms with van der Waals surface area (Å²) in [5, 5.41) is 12.1. The minimum atomic E-state index is -0.203. The molecule has 2 aromatic rings. The van der Waals surface area contributed by atoms with E-state index in [0.29, 0.717) is 23.1 Å². The Morgan fingerprint density at radius 1 is 1.35 bits per heavy atom. The van der Waals surface area contributed by atoms with Crippen LogP contribution in [0.1, 0.15) is 35.6 Å². The molecule has 0 radical (unpaired) electrons. The first kappa shape index (κ1) is 14.5. The Balaban J connectivity index is 2.04. The number of benzene rings is 1. The van der Waals surface area contributed by atoms with E-state index in [9.17, 15) is 4.79 Å². The summed E-state index contributed by atoms with van der Waals surface area (Å²) in [6.07, 6.45) is 1.74. The molecule has 0 atom stereocenters. The lowest BCUT2D eigenvalue weighted by molar-refractivity contribution is 0.102. The molecule has 0 aliphatic carbocycles. The van der Waals surface area contributed by atoms with Crippen LogP contribution in [0.3, 0.4) is 0 Å². The topological polar surface area (TPSA) is 64.1 Å². The maximum atomic E-state index is 12.1.